The van der Waals surface area contributed by atoms with E-state index in [-0.39, 0.29) is 32.1 Å². The number of hydrogen-bond donors (Lipinski definition) is 0. The van der Waals surface area contributed by atoms with E-state index in [1.165, 1.54) is 7.11 Å². The van der Waals surface area contributed by atoms with Crippen LogP contribution >= 0.6 is 0 Å². The molecule has 5 nitrogen and oxygen atoms in total. The molecule has 1 rings (SSSR count). The number of methoxy groups -OCH3 is 2. The van der Waals surface area contributed by atoms with Crippen LogP contribution in [0.15, 0.2) is 11.6 Å². The van der Waals surface area contributed by atoms with Crippen LogP contribution in [0.5, 0.6) is 0 Å². The second kappa shape index (κ2) is 6.68. The smallest absolute Gasteiger partial charge is 0.163 e. The number of carbonyl (C=O) groups excluding carboxylic acids is 1. The Bertz CT molecular complexity index is 236. The predicted molar refractivity (Wildman–Crippen MR) is 52.3 cm³/mol. The number of rotatable bonds is 7. The van der Waals surface area contributed by atoms with Crippen molar-refractivity contribution in [2.45, 2.75) is 12.5 Å². The maximum absolute atomic E-state index is 11.4. The van der Waals surface area contributed by atoms with Gasteiger partial charge in [0.2, 0.25) is 0 Å². The fourth-order valence-electron chi connectivity index (χ4n) is 1.32. The molecule has 0 aromatic rings. The van der Waals surface area contributed by atoms with Crippen molar-refractivity contribution in [3.63, 3.8) is 0 Å². The van der Waals surface area contributed by atoms with E-state index in [9.17, 15) is 4.79 Å². The molecule has 0 aromatic carbocycles. The highest BCUT2D eigenvalue weighted by molar-refractivity contribution is 5.98. The van der Waals surface area contributed by atoms with Crippen molar-refractivity contribution in [1.29, 1.82) is 0 Å². The Morgan fingerprint density at radius 3 is 2.73 bits per heavy atom. The molecule has 1 unspecified atom stereocenters. The standard InChI is InChI=1S/C10H16O5/c1-12-6-14-5-8-3-9(4-10(8)11)15-7-13-2/h3,9H,4-7H2,1-2H3. The van der Waals surface area contributed by atoms with Crippen LogP contribution in [0.25, 0.3) is 0 Å². The van der Waals surface area contributed by atoms with E-state index in [0.717, 1.165) is 0 Å². The first-order valence-electron chi connectivity index (χ1n) is 4.69. The summed E-state index contributed by atoms with van der Waals surface area (Å²) in [6.07, 6.45) is 1.96. The van der Waals surface area contributed by atoms with Gasteiger partial charge in [0.15, 0.2) is 5.78 Å². The number of carbonyl (C=O) groups is 1. The van der Waals surface area contributed by atoms with Gasteiger partial charge in [0.1, 0.15) is 13.6 Å². The van der Waals surface area contributed by atoms with Crippen LogP contribution in [-0.2, 0) is 23.7 Å². The summed E-state index contributed by atoms with van der Waals surface area (Å²) < 4.78 is 19.8. The first-order valence-corrected chi connectivity index (χ1v) is 4.69. The van der Waals surface area contributed by atoms with E-state index < -0.39 is 0 Å². The Hall–Kier alpha value is -0.750. The zero-order chi connectivity index (χ0) is 11.1. The summed E-state index contributed by atoms with van der Waals surface area (Å²) in [4.78, 5) is 11.4. The van der Waals surface area contributed by atoms with Gasteiger partial charge in [-0.2, -0.15) is 0 Å². The topological polar surface area (TPSA) is 54.0 Å². The Morgan fingerprint density at radius 2 is 2.07 bits per heavy atom. The first kappa shape index (κ1) is 12.3. The second-order valence-electron chi connectivity index (χ2n) is 3.19. The Labute approximate surface area is 88.9 Å². The van der Waals surface area contributed by atoms with E-state index in [0.29, 0.717) is 12.0 Å². The van der Waals surface area contributed by atoms with Gasteiger partial charge in [-0.05, 0) is 6.08 Å². The van der Waals surface area contributed by atoms with Crippen molar-refractivity contribution in [2.75, 3.05) is 34.4 Å². The molecule has 0 saturated heterocycles. The first-order chi connectivity index (χ1) is 7.27. The van der Waals surface area contributed by atoms with Crippen LogP contribution in [0, 0.1) is 0 Å². The molecule has 1 aliphatic rings. The van der Waals surface area contributed by atoms with Crippen LogP contribution in [-0.4, -0.2) is 46.3 Å². The number of ether oxygens (including phenoxy) is 4. The lowest BCUT2D eigenvalue weighted by atomic mass is 10.2. The monoisotopic (exact) mass is 216 g/mol. The molecule has 0 fully saturated rings. The predicted octanol–water partition coefficient (Wildman–Crippen LogP) is 0.495. The molecule has 1 aliphatic carbocycles. The summed E-state index contributed by atoms with van der Waals surface area (Å²) in [5.74, 6) is 0.0622. The lowest BCUT2D eigenvalue weighted by Gasteiger charge is -2.06. The van der Waals surface area contributed by atoms with Gasteiger partial charge in [-0.1, -0.05) is 0 Å². The van der Waals surface area contributed by atoms with E-state index >= 15 is 0 Å². The van der Waals surface area contributed by atoms with Crippen LogP contribution in [0.2, 0.25) is 0 Å². The van der Waals surface area contributed by atoms with Crippen LogP contribution < -0.4 is 0 Å². The van der Waals surface area contributed by atoms with Crippen molar-refractivity contribution in [2.24, 2.45) is 0 Å². The molecule has 0 heterocycles. The average Bonchev–Trinajstić information content (AvgIpc) is 2.57. The molecule has 1 atom stereocenters. The van der Waals surface area contributed by atoms with Crippen molar-refractivity contribution in [3.05, 3.63) is 11.6 Å². The quantitative estimate of drug-likeness (QED) is 0.458. The Kier molecular flexibility index (Phi) is 5.49. The summed E-state index contributed by atoms with van der Waals surface area (Å²) in [7, 11) is 3.08. The molecule has 0 amide bonds. The van der Waals surface area contributed by atoms with Gasteiger partial charge in [-0.15, -0.1) is 0 Å². The summed E-state index contributed by atoms with van der Waals surface area (Å²) in [5, 5.41) is 0. The highest BCUT2D eigenvalue weighted by Gasteiger charge is 2.24. The molecule has 0 spiro atoms. The fraction of sp³-hybridized carbons (Fsp3) is 0.700. The molecular formula is C10H16O5. The van der Waals surface area contributed by atoms with Gasteiger partial charge in [0.05, 0.1) is 12.7 Å². The molecular weight excluding hydrogens is 200 g/mol. The zero-order valence-corrected chi connectivity index (χ0v) is 9.02. The van der Waals surface area contributed by atoms with Gasteiger partial charge >= 0.3 is 0 Å². The van der Waals surface area contributed by atoms with E-state index in [4.69, 9.17) is 18.9 Å². The average molecular weight is 216 g/mol. The number of hydrogen-bond acceptors (Lipinski definition) is 5. The van der Waals surface area contributed by atoms with Gasteiger partial charge < -0.3 is 18.9 Å². The summed E-state index contributed by atoms with van der Waals surface area (Å²) >= 11 is 0. The SMILES string of the molecule is COCOCC1=CC(OCOC)CC1=O. The maximum atomic E-state index is 11.4. The van der Waals surface area contributed by atoms with Crippen LogP contribution in [0.1, 0.15) is 6.42 Å². The lowest BCUT2D eigenvalue weighted by Crippen LogP contribution is -2.11. The van der Waals surface area contributed by atoms with Gasteiger partial charge in [0.25, 0.3) is 0 Å². The second-order valence-corrected chi connectivity index (χ2v) is 3.19. The minimum atomic E-state index is -0.182. The van der Waals surface area contributed by atoms with Gasteiger partial charge in [-0.3, -0.25) is 4.79 Å². The highest BCUT2D eigenvalue weighted by Crippen LogP contribution is 2.17. The minimum absolute atomic E-state index is 0.0622. The molecule has 0 bridgehead atoms. The third kappa shape index (κ3) is 4.09. The molecule has 0 saturated carbocycles. The third-order valence-corrected chi connectivity index (χ3v) is 1.99. The highest BCUT2D eigenvalue weighted by atomic mass is 16.7. The number of Topliss-reactive ketones (excluding diaryl/α,β-unsaturated/α-hetero) is 1. The van der Waals surface area contributed by atoms with Crippen LogP contribution in [0.3, 0.4) is 0 Å². The van der Waals surface area contributed by atoms with E-state index in [2.05, 4.69) is 0 Å². The Balaban J connectivity index is 2.32. The fourth-order valence-corrected chi connectivity index (χ4v) is 1.32. The number of ketones is 1. The third-order valence-electron chi connectivity index (χ3n) is 1.99. The van der Waals surface area contributed by atoms with Crippen molar-refractivity contribution in [1.82, 2.24) is 0 Å². The molecule has 0 N–H and O–H groups in total. The molecule has 5 heteroatoms. The van der Waals surface area contributed by atoms with Crippen molar-refractivity contribution in [3.8, 4) is 0 Å². The van der Waals surface area contributed by atoms with Crippen molar-refractivity contribution < 1.29 is 23.7 Å². The molecule has 0 aromatic heterocycles. The lowest BCUT2D eigenvalue weighted by molar-refractivity contribution is -0.119. The molecule has 86 valence electrons. The van der Waals surface area contributed by atoms with Crippen molar-refractivity contribution >= 4 is 5.78 Å². The zero-order valence-electron chi connectivity index (χ0n) is 9.02. The molecule has 0 radical (unpaired) electrons. The maximum Gasteiger partial charge on any atom is 0.163 e. The Morgan fingerprint density at radius 1 is 1.33 bits per heavy atom. The summed E-state index contributed by atoms with van der Waals surface area (Å²) in [6, 6.07) is 0. The summed E-state index contributed by atoms with van der Waals surface area (Å²) in [5.41, 5.74) is 0.646. The minimum Gasteiger partial charge on any atom is -0.359 e. The molecule has 15 heavy (non-hydrogen) atoms. The van der Waals surface area contributed by atoms with E-state index in [1.807, 2.05) is 0 Å². The molecule has 0 aliphatic heterocycles. The largest absolute Gasteiger partial charge is 0.359 e. The normalized spacial score (nSPS) is 20.8. The summed E-state index contributed by atoms with van der Waals surface area (Å²) in [6.45, 7) is 0.661. The van der Waals surface area contributed by atoms with E-state index in [1.54, 1.807) is 13.2 Å². The van der Waals surface area contributed by atoms with Gasteiger partial charge in [-0.25, -0.2) is 0 Å². The van der Waals surface area contributed by atoms with Crippen LogP contribution in [0.4, 0.5) is 0 Å². The van der Waals surface area contributed by atoms with Gasteiger partial charge in [0, 0.05) is 26.2 Å².